The number of aliphatic hydroxyl groups excluding tert-OH is 9. The number of carbonyl (C=O) groups is 2. The van der Waals surface area contributed by atoms with Crippen LogP contribution in [-0.4, -0.2) is 161 Å². The second-order valence-electron chi connectivity index (χ2n) is 17.3. The molecule has 17 heteroatoms. The number of rotatable bonds is 3. The monoisotopic (exact) mass is 907 g/mol. The Balaban J connectivity index is 1.83. The van der Waals surface area contributed by atoms with E-state index in [0.717, 1.165) is 0 Å². The average Bonchev–Trinajstić information content (AvgIpc) is 3.22. The van der Waals surface area contributed by atoms with Crippen molar-refractivity contribution in [2.75, 3.05) is 0 Å². The highest BCUT2D eigenvalue weighted by molar-refractivity contribution is 5.71. The number of nitrogens with two attached hydrogens (primary N) is 1. The molecule has 2 bridgehead atoms. The molecule has 3 aliphatic heterocycles. The van der Waals surface area contributed by atoms with Crippen LogP contribution in [0.1, 0.15) is 79.1 Å². The molecule has 12 N–H and O–H groups in total. The number of fused-ring (bicyclic) bond motifs is 2. The van der Waals surface area contributed by atoms with Gasteiger partial charge in [0, 0.05) is 31.1 Å². The number of aliphatic hydroxyl groups is 9. The van der Waals surface area contributed by atoms with Crippen molar-refractivity contribution in [2.45, 2.75) is 177 Å². The van der Waals surface area contributed by atoms with Crippen LogP contribution in [0.25, 0.3) is 0 Å². The van der Waals surface area contributed by atoms with Crippen molar-refractivity contribution in [2.24, 2.45) is 23.5 Å². The molecule has 0 aliphatic carbocycles. The summed E-state index contributed by atoms with van der Waals surface area (Å²) >= 11 is 0. The molecule has 0 aromatic heterocycles. The number of carboxylic acids is 1. The van der Waals surface area contributed by atoms with Crippen molar-refractivity contribution in [1.29, 1.82) is 0 Å². The quantitative estimate of drug-likeness (QED) is 0.178. The lowest BCUT2D eigenvalue weighted by molar-refractivity contribution is -0.279. The number of ether oxygens (including phenoxy) is 4. The lowest BCUT2D eigenvalue weighted by atomic mass is 9.84. The Morgan fingerprint density at radius 3 is 1.78 bits per heavy atom. The van der Waals surface area contributed by atoms with Gasteiger partial charge in [0.1, 0.15) is 18.1 Å². The average molecular weight is 908 g/mol. The summed E-state index contributed by atoms with van der Waals surface area (Å²) in [5, 5.41) is 107. The van der Waals surface area contributed by atoms with E-state index in [-0.39, 0.29) is 50.9 Å². The molecular weight excluding hydrogens is 835 g/mol. The van der Waals surface area contributed by atoms with Crippen LogP contribution in [0.2, 0.25) is 0 Å². The predicted molar refractivity (Wildman–Crippen MR) is 236 cm³/mol. The van der Waals surface area contributed by atoms with Gasteiger partial charge in [-0.2, -0.15) is 0 Å². The van der Waals surface area contributed by atoms with E-state index in [1.165, 1.54) is 0 Å². The first-order chi connectivity index (χ1) is 30.3. The number of hydrogen-bond donors (Lipinski definition) is 11. The normalized spacial score (nSPS) is 44.8. The maximum Gasteiger partial charge on any atom is 0.311 e. The molecule has 6 unspecified atom stereocenters. The SMILES string of the molecule is CC1OC(O[C@H]2/C=C/C=C/C=C/C=C/C=C/C=C/C=C/[C@H](C)[C@@H](O)[C@@H](C)[C@H](C)OC(=O)C[C@H](O)C[C@H](O)CC[C@@H](O)[C@H](O)C[C@H](O)C[C@@H]3C[C@H](O)[C@@H](C(=O)O)C(C2)O3)C(O)C(N)C1O. The fourth-order valence-electron chi connectivity index (χ4n) is 7.89. The molecule has 19 atom stereocenters. The number of cyclic esters (lactones) is 1. The Bertz CT molecular complexity index is 1610. The van der Waals surface area contributed by atoms with Crippen molar-refractivity contribution < 1.29 is 79.6 Å². The number of carboxylic acid groups (broad SMARTS) is 1. The minimum atomic E-state index is -1.45. The minimum Gasteiger partial charge on any atom is -0.481 e. The Hall–Kier alpha value is -3.40. The number of allylic oxidation sites excluding steroid dienone is 12. The van der Waals surface area contributed by atoms with Gasteiger partial charge in [-0.3, -0.25) is 9.59 Å². The van der Waals surface area contributed by atoms with Crippen LogP contribution in [0.3, 0.4) is 0 Å². The maximum absolute atomic E-state index is 12.6. The Morgan fingerprint density at radius 2 is 1.19 bits per heavy atom. The Morgan fingerprint density at radius 1 is 0.609 bits per heavy atom. The van der Waals surface area contributed by atoms with E-state index < -0.39 is 128 Å². The standard InChI is InChI=1S/C47H73NO16/c1-27-17-15-13-11-9-7-5-6-8-10-12-14-16-18-34(64-47-45(58)42(48)44(57)30(4)62-47)26-39-41(46(59)60)38(54)25-35(63-39)22-33(51)23-37(53)36(52)20-19-31(49)21-32(50)24-40(55)61-29(3)28(2)43(27)56/h5-18,27-39,41-45,47,49-54,56-58H,19-26,48H2,1-4H3,(H,59,60)/b6-5+,9-7+,10-8+,13-11+,14-12+,17-15+,18-16+/t27-,28-,29-,30?,31+,32+,33+,34-,35+,36+,37+,38-,39?,41+,42?,43+,44?,45?,47?/m0/s1. The van der Waals surface area contributed by atoms with E-state index in [1.807, 2.05) is 49.5 Å². The van der Waals surface area contributed by atoms with Crippen LogP contribution in [-0.2, 0) is 28.5 Å². The second kappa shape index (κ2) is 27.9. The molecule has 0 saturated carbocycles. The van der Waals surface area contributed by atoms with Gasteiger partial charge in [0.05, 0.1) is 85.7 Å². The number of esters is 1. The van der Waals surface area contributed by atoms with E-state index in [2.05, 4.69) is 0 Å². The Kier molecular flexibility index (Phi) is 24.0. The second-order valence-corrected chi connectivity index (χ2v) is 17.3. The molecule has 17 nitrogen and oxygen atoms in total. The molecule has 3 heterocycles. The molecule has 0 aromatic rings. The molecule has 362 valence electrons. The summed E-state index contributed by atoms with van der Waals surface area (Å²) in [6, 6.07) is -1.10. The predicted octanol–water partition coefficient (Wildman–Crippen LogP) is 1.39. The molecule has 0 spiro atoms. The van der Waals surface area contributed by atoms with E-state index in [0.29, 0.717) is 0 Å². The molecular formula is C47H73NO16. The summed E-state index contributed by atoms with van der Waals surface area (Å²) in [6.07, 6.45) is 5.99. The molecule has 64 heavy (non-hydrogen) atoms. The van der Waals surface area contributed by atoms with Crippen molar-refractivity contribution in [3.63, 3.8) is 0 Å². The summed E-state index contributed by atoms with van der Waals surface area (Å²) in [6.45, 7) is 6.81. The highest BCUT2D eigenvalue weighted by atomic mass is 16.7. The summed E-state index contributed by atoms with van der Waals surface area (Å²) in [5.74, 6) is -4.15. The van der Waals surface area contributed by atoms with Crippen LogP contribution in [0.4, 0.5) is 0 Å². The third kappa shape index (κ3) is 18.5. The summed E-state index contributed by atoms with van der Waals surface area (Å²) in [4.78, 5) is 25.1. The van der Waals surface area contributed by atoms with Gasteiger partial charge in [-0.15, -0.1) is 0 Å². The van der Waals surface area contributed by atoms with Crippen molar-refractivity contribution in [3.8, 4) is 0 Å². The zero-order chi connectivity index (χ0) is 47.5. The van der Waals surface area contributed by atoms with Gasteiger partial charge in [-0.05, 0) is 39.5 Å². The maximum atomic E-state index is 12.6. The fraction of sp³-hybridized carbons (Fsp3) is 0.660. The highest BCUT2D eigenvalue weighted by Crippen LogP contribution is 2.33. The number of aliphatic carboxylic acids is 1. The zero-order valence-corrected chi connectivity index (χ0v) is 37.2. The van der Waals surface area contributed by atoms with Gasteiger partial charge in [0.2, 0.25) is 0 Å². The summed E-state index contributed by atoms with van der Waals surface area (Å²) in [5.41, 5.74) is 6.03. The highest BCUT2D eigenvalue weighted by Gasteiger charge is 2.46. The van der Waals surface area contributed by atoms with Gasteiger partial charge in [-0.1, -0.05) is 98.9 Å². The summed E-state index contributed by atoms with van der Waals surface area (Å²) < 4.78 is 23.5. The van der Waals surface area contributed by atoms with Crippen LogP contribution >= 0.6 is 0 Å². The molecule has 3 rings (SSSR count). The molecule has 2 saturated heterocycles. The minimum absolute atomic E-state index is 0.0529. The first kappa shape index (κ1) is 54.9. The van der Waals surface area contributed by atoms with Crippen LogP contribution in [0, 0.1) is 17.8 Å². The summed E-state index contributed by atoms with van der Waals surface area (Å²) in [7, 11) is 0. The number of hydrogen-bond acceptors (Lipinski definition) is 16. The van der Waals surface area contributed by atoms with E-state index in [9.17, 15) is 60.7 Å². The van der Waals surface area contributed by atoms with Gasteiger partial charge in [0.25, 0.3) is 0 Å². The third-order valence-corrected chi connectivity index (χ3v) is 12.0. The molecule has 2 fully saturated rings. The van der Waals surface area contributed by atoms with Crippen LogP contribution in [0.15, 0.2) is 85.1 Å². The fourth-order valence-corrected chi connectivity index (χ4v) is 7.89. The van der Waals surface area contributed by atoms with Crippen LogP contribution < -0.4 is 5.73 Å². The van der Waals surface area contributed by atoms with Gasteiger partial charge in [0.15, 0.2) is 6.29 Å². The van der Waals surface area contributed by atoms with Crippen molar-refractivity contribution >= 4 is 11.9 Å². The molecule has 0 amide bonds. The van der Waals surface area contributed by atoms with Gasteiger partial charge >= 0.3 is 11.9 Å². The van der Waals surface area contributed by atoms with Gasteiger partial charge in [-0.25, -0.2) is 0 Å². The van der Waals surface area contributed by atoms with Crippen molar-refractivity contribution in [1.82, 2.24) is 0 Å². The largest absolute Gasteiger partial charge is 0.481 e. The van der Waals surface area contributed by atoms with E-state index >= 15 is 0 Å². The lowest BCUT2D eigenvalue weighted by Gasteiger charge is -2.42. The van der Waals surface area contributed by atoms with Crippen LogP contribution in [0.5, 0.6) is 0 Å². The Labute approximate surface area is 376 Å². The topological polar surface area (TPSA) is 299 Å². The smallest absolute Gasteiger partial charge is 0.311 e. The van der Waals surface area contributed by atoms with E-state index in [4.69, 9.17) is 24.7 Å². The molecule has 0 radical (unpaired) electrons. The first-order valence-electron chi connectivity index (χ1n) is 22.2. The van der Waals surface area contributed by atoms with Crippen molar-refractivity contribution in [3.05, 3.63) is 85.1 Å². The number of carbonyl (C=O) groups excluding carboxylic acids is 1. The molecule has 3 aliphatic rings. The van der Waals surface area contributed by atoms with Gasteiger partial charge < -0.3 is 75.7 Å². The first-order valence-corrected chi connectivity index (χ1v) is 22.2. The lowest BCUT2D eigenvalue weighted by Crippen LogP contribution is -2.61. The third-order valence-electron chi connectivity index (χ3n) is 12.0. The zero-order valence-electron chi connectivity index (χ0n) is 37.2. The van der Waals surface area contributed by atoms with E-state index in [1.54, 1.807) is 63.3 Å². The molecule has 0 aromatic carbocycles.